The minimum absolute atomic E-state index is 0.120. The minimum Gasteiger partial charge on any atom is -0.478 e. The zero-order valence-corrected chi connectivity index (χ0v) is 22.3. The van der Waals surface area contributed by atoms with E-state index < -0.39 is 11.6 Å². The quantitative estimate of drug-likeness (QED) is 0.224. The molecular formula is C36H28N2O3. The number of fused-ring (bicyclic) bond motifs is 3. The zero-order chi connectivity index (χ0) is 27.8. The van der Waals surface area contributed by atoms with Crippen LogP contribution in [0.5, 0.6) is 5.75 Å². The predicted octanol–water partition coefficient (Wildman–Crippen LogP) is 7.17. The summed E-state index contributed by atoms with van der Waals surface area (Å²) in [6.45, 7) is 0. The first-order valence-electron chi connectivity index (χ1n) is 13.8. The molecule has 2 aliphatic rings. The van der Waals surface area contributed by atoms with Gasteiger partial charge in [0.15, 0.2) is 0 Å². The van der Waals surface area contributed by atoms with Crippen LogP contribution in [-0.4, -0.2) is 17.9 Å². The van der Waals surface area contributed by atoms with E-state index in [0.717, 1.165) is 11.1 Å². The third-order valence-corrected chi connectivity index (χ3v) is 8.17. The number of β-lactam (4-membered cyclic amide) rings is 1. The summed E-state index contributed by atoms with van der Waals surface area (Å²) in [6, 6.07) is 46.3. The highest BCUT2D eigenvalue weighted by atomic mass is 16.5. The Labute approximate surface area is 239 Å². The number of anilines is 2. The molecule has 5 aromatic carbocycles. The number of benzene rings is 5. The van der Waals surface area contributed by atoms with Gasteiger partial charge in [0.1, 0.15) is 11.3 Å². The molecule has 0 aromatic heterocycles. The van der Waals surface area contributed by atoms with Gasteiger partial charge in [-0.2, -0.15) is 0 Å². The molecular weight excluding hydrogens is 508 g/mol. The number of nitrogens with zero attached hydrogens (tertiary/aromatic N) is 2. The first-order chi connectivity index (χ1) is 20.2. The van der Waals surface area contributed by atoms with Gasteiger partial charge in [-0.05, 0) is 47.5 Å². The second kappa shape index (κ2) is 10.1. The molecule has 41 heavy (non-hydrogen) atoms. The Hall–Kier alpha value is -5.16. The fraction of sp³-hybridized carbons (Fsp3) is 0.111. The predicted molar refractivity (Wildman–Crippen MR) is 160 cm³/mol. The highest BCUT2D eigenvalue weighted by Gasteiger charge is 2.66. The summed E-state index contributed by atoms with van der Waals surface area (Å²) in [5.74, 6) is 0.378. The van der Waals surface area contributed by atoms with Gasteiger partial charge in [-0.15, -0.1) is 0 Å². The van der Waals surface area contributed by atoms with Gasteiger partial charge >= 0.3 is 0 Å². The van der Waals surface area contributed by atoms with Crippen molar-refractivity contribution >= 4 is 23.2 Å². The van der Waals surface area contributed by atoms with Gasteiger partial charge in [0.2, 0.25) is 6.10 Å². The molecule has 1 fully saturated rings. The van der Waals surface area contributed by atoms with Crippen LogP contribution in [-0.2, 0) is 10.3 Å². The van der Waals surface area contributed by atoms with Gasteiger partial charge < -0.3 is 4.74 Å². The van der Waals surface area contributed by atoms with Crippen LogP contribution in [0.1, 0.15) is 33.9 Å². The van der Waals surface area contributed by atoms with Crippen LogP contribution in [0.2, 0.25) is 0 Å². The molecule has 5 heteroatoms. The summed E-state index contributed by atoms with van der Waals surface area (Å²) >= 11 is 0. The van der Waals surface area contributed by atoms with Gasteiger partial charge in [0.05, 0.1) is 17.4 Å². The molecule has 0 N–H and O–H groups in total. The zero-order valence-electron chi connectivity index (χ0n) is 22.3. The van der Waals surface area contributed by atoms with Crippen LogP contribution < -0.4 is 14.5 Å². The van der Waals surface area contributed by atoms with Crippen LogP contribution >= 0.6 is 0 Å². The average molecular weight is 537 g/mol. The van der Waals surface area contributed by atoms with E-state index in [2.05, 4.69) is 24.3 Å². The number of ether oxygens (including phenoxy) is 1. The smallest absolute Gasteiger partial charge is 0.271 e. The number of hydrogen-bond acceptors (Lipinski definition) is 3. The third kappa shape index (κ3) is 4.01. The van der Waals surface area contributed by atoms with Crippen molar-refractivity contribution in [3.8, 4) is 5.75 Å². The van der Waals surface area contributed by atoms with Crippen LogP contribution in [0.3, 0.4) is 0 Å². The van der Waals surface area contributed by atoms with Crippen molar-refractivity contribution in [2.75, 3.05) is 9.80 Å². The van der Waals surface area contributed by atoms with E-state index in [0.29, 0.717) is 29.1 Å². The monoisotopic (exact) mass is 536 g/mol. The second-order valence-electron chi connectivity index (χ2n) is 10.4. The molecule has 0 bridgehead atoms. The maximum absolute atomic E-state index is 14.4. The van der Waals surface area contributed by atoms with Crippen molar-refractivity contribution in [3.05, 3.63) is 162 Å². The fourth-order valence-corrected chi connectivity index (χ4v) is 6.33. The number of hydrogen-bond donors (Lipinski definition) is 0. The summed E-state index contributed by atoms with van der Waals surface area (Å²) in [5.41, 5.74) is 3.06. The molecule has 2 amide bonds. The summed E-state index contributed by atoms with van der Waals surface area (Å²) < 4.78 is 6.53. The molecule has 7 rings (SSSR count). The SMILES string of the molecule is O=C(c1ccccc1)N1c2ccccc2N2C(=O)[C@H](Oc3ccccc3)[C@]2(c2ccccc2)C[C@H]1c1ccccc1. The molecule has 200 valence electrons. The largest absolute Gasteiger partial charge is 0.478 e. The van der Waals surface area contributed by atoms with Crippen LogP contribution in [0, 0.1) is 0 Å². The number of carbonyl (C=O) groups is 2. The Bertz CT molecular complexity index is 1690. The Morgan fingerprint density at radius 3 is 1.85 bits per heavy atom. The first-order valence-corrected chi connectivity index (χ1v) is 13.8. The molecule has 2 aliphatic heterocycles. The Kier molecular flexibility index (Phi) is 6.12. The molecule has 3 atom stereocenters. The number of rotatable bonds is 5. The van der Waals surface area contributed by atoms with Crippen molar-refractivity contribution in [3.63, 3.8) is 0 Å². The molecule has 0 spiro atoms. The van der Waals surface area contributed by atoms with Gasteiger partial charge in [-0.3, -0.25) is 19.4 Å². The van der Waals surface area contributed by atoms with E-state index in [1.807, 2.05) is 131 Å². The molecule has 0 aliphatic carbocycles. The lowest BCUT2D eigenvalue weighted by Crippen LogP contribution is -2.74. The van der Waals surface area contributed by atoms with Gasteiger partial charge in [-0.1, -0.05) is 109 Å². The highest BCUT2D eigenvalue weighted by molar-refractivity contribution is 6.14. The second-order valence-corrected chi connectivity index (χ2v) is 10.4. The maximum atomic E-state index is 14.4. The van der Waals surface area contributed by atoms with Gasteiger partial charge in [0.25, 0.3) is 11.8 Å². The van der Waals surface area contributed by atoms with E-state index in [4.69, 9.17) is 4.74 Å². The molecule has 1 saturated heterocycles. The van der Waals surface area contributed by atoms with E-state index in [1.54, 1.807) is 0 Å². The normalized spacial score (nSPS) is 21.2. The standard InChI is InChI=1S/C36H28N2O3/c39-34(27-17-7-2-8-18-27)37-30-23-13-14-24-31(30)38-35(40)33(41-29-21-11-4-12-22-29)36(38,28-19-9-3-10-20-28)25-32(37)26-15-5-1-6-16-26/h1-24,32-33H,25H2/t32-,33-,36+/m0/s1. The first kappa shape index (κ1) is 24.9. The van der Waals surface area contributed by atoms with E-state index in [1.165, 1.54) is 0 Å². The molecule has 5 nitrogen and oxygen atoms in total. The van der Waals surface area contributed by atoms with Crippen molar-refractivity contribution < 1.29 is 14.3 Å². The molecule has 5 aromatic rings. The van der Waals surface area contributed by atoms with Gasteiger partial charge in [0, 0.05) is 12.0 Å². The summed E-state index contributed by atoms with van der Waals surface area (Å²) in [6.07, 6.45) is -0.337. The summed E-state index contributed by atoms with van der Waals surface area (Å²) in [4.78, 5) is 32.3. The Morgan fingerprint density at radius 1 is 0.659 bits per heavy atom. The van der Waals surface area contributed by atoms with Crippen molar-refractivity contribution in [2.45, 2.75) is 24.1 Å². The lowest BCUT2D eigenvalue weighted by Gasteiger charge is -2.56. The summed E-state index contributed by atoms with van der Waals surface area (Å²) in [7, 11) is 0. The molecule has 2 heterocycles. The van der Waals surface area contributed by atoms with E-state index in [-0.39, 0.29) is 17.9 Å². The van der Waals surface area contributed by atoms with E-state index in [9.17, 15) is 9.59 Å². The van der Waals surface area contributed by atoms with Crippen LogP contribution in [0.25, 0.3) is 0 Å². The molecule has 0 radical (unpaired) electrons. The topological polar surface area (TPSA) is 49.9 Å². The number of para-hydroxylation sites is 3. The van der Waals surface area contributed by atoms with Crippen molar-refractivity contribution in [2.24, 2.45) is 0 Å². The lowest BCUT2D eigenvalue weighted by atomic mass is 9.70. The van der Waals surface area contributed by atoms with Crippen molar-refractivity contribution in [1.29, 1.82) is 0 Å². The summed E-state index contributed by atoms with van der Waals surface area (Å²) in [5, 5.41) is 0. The molecule has 0 saturated carbocycles. The van der Waals surface area contributed by atoms with Gasteiger partial charge in [-0.25, -0.2) is 0 Å². The molecule has 0 unspecified atom stereocenters. The number of amides is 2. The highest BCUT2D eigenvalue weighted by Crippen LogP contribution is 2.57. The van der Waals surface area contributed by atoms with Crippen LogP contribution in [0.15, 0.2) is 146 Å². The lowest BCUT2D eigenvalue weighted by molar-refractivity contribution is -0.142. The van der Waals surface area contributed by atoms with Crippen molar-refractivity contribution in [1.82, 2.24) is 0 Å². The number of carbonyl (C=O) groups excluding carboxylic acids is 2. The third-order valence-electron chi connectivity index (χ3n) is 8.17. The Balaban J connectivity index is 1.48. The fourth-order valence-electron chi connectivity index (χ4n) is 6.33. The Morgan fingerprint density at radius 2 is 1.20 bits per heavy atom. The maximum Gasteiger partial charge on any atom is 0.271 e. The average Bonchev–Trinajstić information content (AvgIpc) is 3.16. The minimum atomic E-state index is -0.865. The van der Waals surface area contributed by atoms with E-state index >= 15 is 0 Å². The van der Waals surface area contributed by atoms with Crippen LogP contribution in [0.4, 0.5) is 11.4 Å².